The van der Waals surface area contributed by atoms with Crippen molar-refractivity contribution in [3.63, 3.8) is 0 Å². The van der Waals surface area contributed by atoms with Gasteiger partial charge in [-0.15, -0.1) is 11.8 Å². The van der Waals surface area contributed by atoms with Crippen LogP contribution in [0.25, 0.3) is 0 Å². The van der Waals surface area contributed by atoms with Crippen molar-refractivity contribution in [2.45, 2.75) is 23.8 Å². The van der Waals surface area contributed by atoms with Crippen LogP contribution < -0.4 is 5.73 Å². The number of rotatable bonds is 5. The van der Waals surface area contributed by atoms with Crippen molar-refractivity contribution in [2.75, 3.05) is 12.9 Å². The van der Waals surface area contributed by atoms with Crippen LogP contribution in [0.1, 0.15) is 13.3 Å². The maximum absolute atomic E-state index is 11.4. The molecule has 0 fully saturated rings. The van der Waals surface area contributed by atoms with Crippen LogP contribution in [0.4, 0.5) is 0 Å². The summed E-state index contributed by atoms with van der Waals surface area (Å²) in [4.78, 5) is 12.4. The molecule has 1 unspecified atom stereocenters. The summed E-state index contributed by atoms with van der Waals surface area (Å²) in [5.74, 6) is 0.289. The Balaban J connectivity index is 2.51. The SMILES string of the molecule is COC(=O)C(C)(N)CCSc1ccc(Cl)c(Cl)c1. The molecule has 1 atom stereocenters. The number of hydrogen-bond donors (Lipinski definition) is 1. The molecule has 0 bridgehead atoms. The zero-order valence-corrected chi connectivity index (χ0v) is 12.5. The smallest absolute Gasteiger partial charge is 0.325 e. The fourth-order valence-corrected chi connectivity index (χ4v) is 2.77. The first-order chi connectivity index (χ1) is 8.36. The summed E-state index contributed by atoms with van der Waals surface area (Å²) in [6.45, 7) is 1.66. The van der Waals surface area contributed by atoms with Gasteiger partial charge < -0.3 is 10.5 Å². The first-order valence-electron chi connectivity index (χ1n) is 5.32. The van der Waals surface area contributed by atoms with Gasteiger partial charge in [-0.05, 0) is 31.5 Å². The van der Waals surface area contributed by atoms with E-state index in [1.165, 1.54) is 7.11 Å². The Morgan fingerprint density at radius 3 is 2.67 bits per heavy atom. The Morgan fingerprint density at radius 2 is 2.11 bits per heavy atom. The van der Waals surface area contributed by atoms with Crippen LogP contribution >= 0.6 is 35.0 Å². The van der Waals surface area contributed by atoms with E-state index >= 15 is 0 Å². The van der Waals surface area contributed by atoms with Gasteiger partial charge in [-0.3, -0.25) is 4.79 Å². The lowest BCUT2D eigenvalue weighted by molar-refractivity contribution is -0.146. The number of methoxy groups -OCH3 is 1. The van der Waals surface area contributed by atoms with Crippen molar-refractivity contribution in [2.24, 2.45) is 5.73 Å². The predicted molar refractivity (Wildman–Crippen MR) is 76.4 cm³/mol. The highest BCUT2D eigenvalue weighted by atomic mass is 35.5. The molecule has 2 N–H and O–H groups in total. The second-order valence-corrected chi connectivity index (χ2v) is 6.07. The maximum atomic E-state index is 11.4. The number of carbonyl (C=O) groups is 1. The fraction of sp³-hybridized carbons (Fsp3) is 0.417. The summed E-state index contributed by atoms with van der Waals surface area (Å²) in [7, 11) is 1.33. The summed E-state index contributed by atoms with van der Waals surface area (Å²) in [5, 5.41) is 1.05. The van der Waals surface area contributed by atoms with E-state index in [0.29, 0.717) is 22.2 Å². The van der Waals surface area contributed by atoms with Gasteiger partial charge in [0.2, 0.25) is 0 Å². The molecule has 0 spiro atoms. The monoisotopic (exact) mass is 307 g/mol. The highest BCUT2D eigenvalue weighted by molar-refractivity contribution is 7.99. The number of nitrogens with two attached hydrogens (primary N) is 1. The van der Waals surface area contributed by atoms with Crippen LogP contribution in [0.2, 0.25) is 10.0 Å². The third-order valence-electron chi connectivity index (χ3n) is 2.43. The molecule has 18 heavy (non-hydrogen) atoms. The van der Waals surface area contributed by atoms with Crippen LogP contribution in [0.5, 0.6) is 0 Å². The first-order valence-corrected chi connectivity index (χ1v) is 7.06. The maximum Gasteiger partial charge on any atom is 0.325 e. The molecular weight excluding hydrogens is 293 g/mol. The topological polar surface area (TPSA) is 52.3 Å². The van der Waals surface area contributed by atoms with Crippen LogP contribution in [0.3, 0.4) is 0 Å². The number of ether oxygens (including phenoxy) is 1. The molecule has 0 saturated heterocycles. The van der Waals surface area contributed by atoms with Gasteiger partial charge in [0.05, 0.1) is 17.2 Å². The second-order valence-electron chi connectivity index (χ2n) is 4.08. The number of thioether (sulfide) groups is 1. The molecule has 0 aliphatic heterocycles. The molecule has 1 aromatic carbocycles. The molecule has 0 aliphatic carbocycles. The molecule has 0 radical (unpaired) electrons. The van der Waals surface area contributed by atoms with E-state index in [9.17, 15) is 4.79 Å². The molecular formula is C12H15Cl2NO2S. The molecule has 0 amide bonds. The molecule has 1 rings (SSSR count). The normalized spacial score (nSPS) is 14.1. The fourth-order valence-electron chi connectivity index (χ4n) is 1.28. The van der Waals surface area contributed by atoms with Gasteiger partial charge in [0.15, 0.2) is 0 Å². The van der Waals surface area contributed by atoms with Crippen molar-refractivity contribution >= 4 is 40.9 Å². The van der Waals surface area contributed by atoms with Crippen molar-refractivity contribution < 1.29 is 9.53 Å². The van der Waals surface area contributed by atoms with Crippen LogP contribution in [0.15, 0.2) is 23.1 Å². The van der Waals surface area contributed by atoms with E-state index in [-0.39, 0.29) is 0 Å². The van der Waals surface area contributed by atoms with Crippen molar-refractivity contribution in [1.82, 2.24) is 0 Å². The molecule has 1 aromatic rings. The first kappa shape index (κ1) is 15.6. The lowest BCUT2D eigenvalue weighted by atomic mass is 10.0. The summed E-state index contributed by atoms with van der Waals surface area (Å²) in [6, 6.07) is 5.42. The van der Waals surface area contributed by atoms with Crippen LogP contribution in [-0.4, -0.2) is 24.4 Å². The second kappa shape index (κ2) is 6.66. The third kappa shape index (κ3) is 4.35. The van der Waals surface area contributed by atoms with Crippen LogP contribution in [0, 0.1) is 0 Å². The quantitative estimate of drug-likeness (QED) is 0.669. The van der Waals surface area contributed by atoms with Gasteiger partial charge in [-0.2, -0.15) is 0 Å². The van der Waals surface area contributed by atoms with Gasteiger partial charge in [-0.1, -0.05) is 23.2 Å². The lowest BCUT2D eigenvalue weighted by Gasteiger charge is -2.20. The Bertz CT molecular complexity index is 438. The Morgan fingerprint density at radius 1 is 1.44 bits per heavy atom. The summed E-state index contributed by atoms with van der Waals surface area (Å²) < 4.78 is 4.64. The average molecular weight is 308 g/mol. The Labute approximate surface area is 121 Å². The molecule has 0 heterocycles. The van der Waals surface area contributed by atoms with E-state index in [1.807, 2.05) is 6.07 Å². The molecule has 3 nitrogen and oxygen atoms in total. The Hall–Kier alpha value is -0.420. The average Bonchev–Trinajstić information content (AvgIpc) is 2.32. The number of benzene rings is 1. The molecule has 0 saturated carbocycles. The summed E-state index contributed by atoms with van der Waals surface area (Å²) >= 11 is 13.3. The largest absolute Gasteiger partial charge is 0.468 e. The van der Waals surface area contributed by atoms with Gasteiger partial charge in [0.25, 0.3) is 0 Å². The third-order valence-corrected chi connectivity index (χ3v) is 4.17. The standard InChI is InChI=1S/C12H15Cl2NO2S/c1-12(15,11(16)17-2)5-6-18-8-3-4-9(13)10(14)7-8/h3-4,7H,5-6,15H2,1-2H3. The molecule has 0 aromatic heterocycles. The lowest BCUT2D eigenvalue weighted by Crippen LogP contribution is -2.46. The van der Waals surface area contributed by atoms with Crippen LogP contribution in [-0.2, 0) is 9.53 Å². The molecule has 6 heteroatoms. The highest BCUT2D eigenvalue weighted by Crippen LogP contribution is 2.29. The van der Waals surface area contributed by atoms with E-state index in [2.05, 4.69) is 4.74 Å². The zero-order valence-electron chi connectivity index (χ0n) is 10.2. The summed E-state index contributed by atoms with van der Waals surface area (Å²) in [6.07, 6.45) is 0.518. The van der Waals surface area contributed by atoms with E-state index in [4.69, 9.17) is 28.9 Å². The molecule has 100 valence electrons. The van der Waals surface area contributed by atoms with Crippen molar-refractivity contribution in [1.29, 1.82) is 0 Å². The van der Waals surface area contributed by atoms with E-state index < -0.39 is 11.5 Å². The molecule has 0 aliphatic rings. The Kier molecular flexibility index (Phi) is 5.79. The minimum atomic E-state index is -0.960. The van der Waals surface area contributed by atoms with E-state index in [0.717, 1.165) is 4.90 Å². The highest BCUT2D eigenvalue weighted by Gasteiger charge is 2.28. The van der Waals surface area contributed by atoms with Gasteiger partial charge in [0, 0.05) is 10.6 Å². The minimum absolute atomic E-state index is 0.405. The van der Waals surface area contributed by atoms with Gasteiger partial charge in [0.1, 0.15) is 5.54 Å². The van der Waals surface area contributed by atoms with Gasteiger partial charge >= 0.3 is 5.97 Å². The van der Waals surface area contributed by atoms with Crippen molar-refractivity contribution in [3.05, 3.63) is 28.2 Å². The number of carbonyl (C=O) groups excluding carboxylic acids is 1. The number of halogens is 2. The summed E-state index contributed by atoms with van der Waals surface area (Å²) in [5.41, 5.74) is 4.89. The van der Waals surface area contributed by atoms with E-state index in [1.54, 1.807) is 30.8 Å². The number of esters is 1. The minimum Gasteiger partial charge on any atom is -0.468 e. The van der Waals surface area contributed by atoms with Crippen molar-refractivity contribution in [3.8, 4) is 0 Å². The number of hydrogen-bond acceptors (Lipinski definition) is 4. The zero-order chi connectivity index (χ0) is 13.8. The predicted octanol–water partition coefficient (Wildman–Crippen LogP) is 3.37. The van der Waals surface area contributed by atoms with Gasteiger partial charge in [-0.25, -0.2) is 0 Å².